The summed E-state index contributed by atoms with van der Waals surface area (Å²) < 4.78 is 5.48. The lowest BCUT2D eigenvalue weighted by Gasteiger charge is -2.24. The molecule has 3 aromatic carbocycles. The molecule has 3 heterocycles. The lowest BCUT2D eigenvalue weighted by Crippen LogP contribution is -2.37. The van der Waals surface area contributed by atoms with Crippen molar-refractivity contribution in [2.24, 2.45) is 0 Å². The van der Waals surface area contributed by atoms with Crippen LogP contribution in [-0.2, 0) is 6.54 Å². The van der Waals surface area contributed by atoms with Gasteiger partial charge >= 0.3 is 11.4 Å². The highest BCUT2D eigenvalue weighted by atomic mass is 32.2. The van der Waals surface area contributed by atoms with Crippen LogP contribution in [0.25, 0.3) is 22.6 Å². The van der Waals surface area contributed by atoms with Crippen molar-refractivity contribution < 1.29 is 0 Å². The van der Waals surface area contributed by atoms with Crippen LogP contribution in [-0.4, -0.2) is 29.7 Å². The van der Waals surface area contributed by atoms with Crippen molar-refractivity contribution in [2.45, 2.75) is 24.7 Å². The van der Waals surface area contributed by atoms with Crippen LogP contribution in [0.5, 0.6) is 0 Å². The van der Waals surface area contributed by atoms with E-state index in [-0.39, 0.29) is 12.1 Å². The molecule has 2 aromatic heterocycles. The Labute approximate surface area is 228 Å². The lowest BCUT2D eigenvalue weighted by molar-refractivity contribution is 0.434. The minimum absolute atomic E-state index is 0.216. The third-order valence-corrected chi connectivity index (χ3v) is 7.48. The first-order chi connectivity index (χ1) is 19.0. The number of thioether (sulfide) groups is 1. The summed E-state index contributed by atoms with van der Waals surface area (Å²) in [7, 11) is 0. The Morgan fingerprint density at radius 3 is 2.10 bits per heavy atom. The SMILES string of the molecule is CSc1nc(-c2ccccc2)c(C2C=CCn3c(=O)n(-c4ccccc4)c(=O)n32)c(=O)n1-c1ccc(C)cc1. The molecule has 1 aliphatic heterocycles. The molecule has 9 heteroatoms. The molecule has 1 aliphatic rings. The number of hydrogen-bond donors (Lipinski definition) is 0. The van der Waals surface area contributed by atoms with E-state index in [1.807, 2.05) is 79.9 Å². The Bertz CT molecular complexity index is 1880. The fourth-order valence-electron chi connectivity index (χ4n) is 4.97. The summed E-state index contributed by atoms with van der Waals surface area (Å²) in [6.07, 6.45) is 5.50. The highest BCUT2D eigenvalue weighted by Gasteiger charge is 2.31. The van der Waals surface area contributed by atoms with Crippen molar-refractivity contribution in [3.63, 3.8) is 0 Å². The van der Waals surface area contributed by atoms with Crippen LogP contribution >= 0.6 is 11.8 Å². The molecule has 6 rings (SSSR count). The second kappa shape index (κ2) is 9.92. The Morgan fingerprint density at radius 2 is 1.44 bits per heavy atom. The van der Waals surface area contributed by atoms with E-state index in [0.717, 1.165) is 15.7 Å². The van der Waals surface area contributed by atoms with Gasteiger partial charge in [-0.25, -0.2) is 28.5 Å². The van der Waals surface area contributed by atoms with E-state index in [4.69, 9.17) is 4.98 Å². The van der Waals surface area contributed by atoms with Crippen LogP contribution in [0.4, 0.5) is 0 Å². The third kappa shape index (κ3) is 4.11. The molecule has 0 radical (unpaired) electrons. The molecule has 0 aliphatic carbocycles. The van der Waals surface area contributed by atoms with E-state index in [9.17, 15) is 14.4 Å². The van der Waals surface area contributed by atoms with Crippen molar-refractivity contribution >= 4 is 11.8 Å². The normalized spacial score (nSPS) is 14.4. The van der Waals surface area contributed by atoms with E-state index in [1.165, 1.54) is 21.1 Å². The fourth-order valence-corrected chi connectivity index (χ4v) is 5.53. The lowest BCUT2D eigenvalue weighted by atomic mass is 10.00. The van der Waals surface area contributed by atoms with Gasteiger partial charge in [0.25, 0.3) is 5.56 Å². The van der Waals surface area contributed by atoms with Crippen LogP contribution in [0.15, 0.2) is 117 Å². The van der Waals surface area contributed by atoms with Crippen molar-refractivity contribution in [1.29, 1.82) is 0 Å². The fraction of sp³-hybridized carbons (Fsp3) is 0.133. The second-order valence-electron chi connectivity index (χ2n) is 9.24. The summed E-state index contributed by atoms with van der Waals surface area (Å²) in [5.41, 5.74) is 2.47. The third-order valence-electron chi connectivity index (χ3n) is 6.84. The first-order valence-electron chi connectivity index (χ1n) is 12.5. The number of fused-ring (bicyclic) bond motifs is 1. The zero-order valence-corrected chi connectivity index (χ0v) is 22.2. The van der Waals surface area contributed by atoms with Gasteiger partial charge in [0.05, 0.1) is 29.2 Å². The van der Waals surface area contributed by atoms with Gasteiger partial charge in [-0.3, -0.25) is 9.36 Å². The average molecular weight is 536 g/mol. The second-order valence-corrected chi connectivity index (χ2v) is 10.0. The van der Waals surface area contributed by atoms with Gasteiger partial charge in [-0.15, -0.1) is 0 Å². The quantitative estimate of drug-likeness (QED) is 0.191. The predicted molar refractivity (Wildman–Crippen MR) is 153 cm³/mol. The van der Waals surface area contributed by atoms with E-state index < -0.39 is 17.4 Å². The monoisotopic (exact) mass is 535 g/mol. The molecule has 0 amide bonds. The van der Waals surface area contributed by atoms with Gasteiger partial charge in [0, 0.05) is 5.56 Å². The summed E-state index contributed by atoms with van der Waals surface area (Å²) in [5.74, 6) is 0. The number of aromatic nitrogens is 5. The minimum Gasteiger partial charge on any atom is -0.268 e. The topological polar surface area (TPSA) is 83.8 Å². The summed E-state index contributed by atoms with van der Waals surface area (Å²) in [6, 6.07) is 25.1. The Hall–Kier alpha value is -4.63. The van der Waals surface area contributed by atoms with E-state index in [0.29, 0.717) is 27.8 Å². The van der Waals surface area contributed by atoms with Crippen molar-refractivity contribution in [3.05, 3.63) is 140 Å². The molecule has 0 spiro atoms. The van der Waals surface area contributed by atoms with Gasteiger partial charge in [0.15, 0.2) is 5.16 Å². The van der Waals surface area contributed by atoms with E-state index in [1.54, 1.807) is 34.9 Å². The Balaban J connectivity index is 1.68. The number of para-hydroxylation sites is 1. The van der Waals surface area contributed by atoms with Gasteiger partial charge in [0.1, 0.15) is 6.04 Å². The number of aryl methyl sites for hydroxylation is 1. The van der Waals surface area contributed by atoms with Crippen LogP contribution in [0.2, 0.25) is 0 Å². The molecular weight excluding hydrogens is 510 g/mol. The predicted octanol–water partition coefficient (Wildman–Crippen LogP) is 4.20. The summed E-state index contributed by atoms with van der Waals surface area (Å²) in [4.78, 5) is 46.7. The van der Waals surface area contributed by atoms with Crippen LogP contribution in [0.3, 0.4) is 0 Å². The van der Waals surface area contributed by atoms with Crippen molar-refractivity contribution in [3.8, 4) is 22.6 Å². The molecule has 194 valence electrons. The molecular formula is C30H25N5O3S. The summed E-state index contributed by atoms with van der Waals surface area (Å²) in [6.45, 7) is 2.20. The molecule has 1 atom stereocenters. The van der Waals surface area contributed by atoms with Crippen molar-refractivity contribution in [2.75, 3.05) is 6.26 Å². The molecule has 0 fully saturated rings. The number of nitrogens with zero attached hydrogens (tertiary/aromatic N) is 5. The number of benzene rings is 3. The minimum atomic E-state index is -0.841. The first kappa shape index (κ1) is 24.7. The maximum Gasteiger partial charge on any atom is 0.352 e. The van der Waals surface area contributed by atoms with Gasteiger partial charge < -0.3 is 0 Å². The molecule has 0 saturated carbocycles. The van der Waals surface area contributed by atoms with Crippen LogP contribution in [0, 0.1) is 6.92 Å². The van der Waals surface area contributed by atoms with Crippen molar-refractivity contribution in [1.82, 2.24) is 23.5 Å². The van der Waals surface area contributed by atoms with E-state index in [2.05, 4.69) is 0 Å². The molecule has 1 unspecified atom stereocenters. The number of hydrogen-bond acceptors (Lipinski definition) is 5. The maximum absolute atomic E-state index is 14.5. The Kier molecular flexibility index (Phi) is 6.28. The standard InChI is InChI=1S/C30H25N5O3S/c1-20-15-17-23(18-16-20)33-27(36)25(26(31-28(33)39-2)21-10-5-3-6-11-21)24-14-9-19-32-29(37)34(30(38)35(24)32)22-12-7-4-8-13-22/h3-18,24H,19H2,1-2H3. The van der Waals surface area contributed by atoms with Gasteiger partial charge in [-0.05, 0) is 37.4 Å². The highest BCUT2D eigenvalue weighted by molar-refractivity contribution is 7.98. The average Bonchev–Trinajstić information content (AvgIpc) is 3.23. The Morgan fingerprint density at radius 1 is 0.795 bits per heavy atom. The van der Waals surface area contributed by atoms with Gasteiger partial charge in [-0.1, -0.05) is 90.1 Å². The molecule has 5 aromatic rings. The van der Waals surface area contributed by atoms with Crippen LogP contribution in [0.1, 0.15) is 17.2 Å². The maximum atomic E-state index is 14.5. The smallest absolute Gasteiger partial charge is 0.268 e. The number of allylic oxidation sites excluding steroid dienone is 2. The zero-order valence-electron chi connectivity index (χ0n) is 21.4. The highest BCUT2D eigenvalue weighted by Crippen LogP contribution is 2.31. The summed E-state index contributed by atoms with van der Waals surface area (Å²) >= 11 is 1.37. The summed E-state index contributed by atoms with van der Waals surface area (Å²) in [5, 5.41) is 0.526. The molecule has 0 bridgehead atoms. The molecule has 8 nitrogen and oxygen atoms in total. The largest absolute Gasteiger partial charge is 0.352 e. The molecule has 0 saturated heterocycles. The molecule has 0 N–H and O–H groups in total. The number of rotatable bonds is 5. The molecule has 39 heavy (non-hydrogen) atoms. The van der Waals surface area contributed by atoms with Gasteiger partial charge in [-0.2, -0.15) is 0 Å². The van der Waals surface area contributed by atoms with Gasteiger partial charge in [0.2, 0.25) is 0 Å². The first-order valence-corrected chi connectivity index (χ1v) is 13.7. The zero-order chi connectivity index (χ0) is 27.1. The van der Waals surface area contributed by atoms with E-state index >= 15 is 0 Å². The van der Waals surface area contributed by atoms with Crippen LogP contribution < -0.4 is 16.9 Å².